The van der Waals surface area contributed by atoms with Gasteiger partial charge in [0.1, 0.15) is 0 Å². The van der Waals surface area contributed by atoms with E-state index in [2.05, 4.69) is 28.4 Å². The van der Waals surface area contributed by atoms with E-state index in [1.165, 1.54) is 24.8 Å². The lowest BCUT2D eigenvalue weighted by atomic mass is 9.74. The lowest BCUT2D eigenvalue weighted by Gasteiger charge is -2.42. The number of aromatic nitrogens is 3. The first-order valence-electron chi connectivity index (χ1n) is 6.25. The van der Waals surface area contributed by atoms with E-state index in [0.29, 0.717) is 0 Å². The molecule has 0 spiro atoms. The summed E-state index contributed by atoms with van der Waals surface area (Å²) < 4.78 is 3.08. The minimum Gasteiger partial charge on any atom is -0.329 e. The summed E-state index contributed by atoms with van der Waals surface area (Å²) in [4.78, 5) is 7.84. The Kier molecular flexibility index (Phi) is 2.36. The molecule has 1 saturated carbocycles. The Hall–Kier alpha value is -1.16. The third-order valence-corrected chi connectivity index (χ3v) is 4.49. The zero-order valence-corrected chi connectivity index (χ0v) is 11.1. The van der Waals surface area contributed by atoms with Crippen molar-refractivity contribution in [2.24, 2.45) is 0 Å². The minimum absolute atomic E-state index is 0.218. The molecule has 2 heterocycles. The highest BCUT2D eigenvalue weighted by atomic mass is 32.1. The van der Waals surface area contributed by atoms with Gasteiger partial charge in [0, 0.05) is 11.7 Å². The molecule has 0 aliphatic heterocycles. The number of nitrogens with zero attached hydrogens (tertiary/aromatic N) is 2. The van der Waals surface area contributed by atoms with E-state index in [4.69, 9.17) is 12.2 Å². The van der Waals surface area contributed by atoms with Crippen LogP contribution in [0.5, 0.6) is 0 Å². The van der Waals surface area contributed by atoms with Gasteiger partial charge in [0.15, 0.2) is 10.4 Å². The van der Waals surface area contributed by atoms with Crippen molar-refractivity contribution in [3.8, 4) is 0 Å². The van der Waals surface area contributed by atoms with Crippen molar-refractivity contribution in [3.63, 3.8) is 0 Å². The maximum absolute atomic E-state index is 5.49. The van der Waals surface area contributed by atoms with Crippen molar-refractivity contribution in [2.45, 2.75) is 45.1 Å². The van der Waals surface area contributed by atoms with Crippen LogP contribution in [0, 0.1) is 11.7 Å². The molecule has 1 aliphatic carbocycles. The Morgan fingerprint density at radius 1 is 1.53 bits per heavy atom. The van der Waals surface area contributed by atoms with Gasteiger partial charge in [-0.15, -0.1) is 0 Å². The van der Waals surface area contributed by atoms with E-state index < -0.39 is 0 Å². The molecule has 3 nitrogen and oxygen atoms in total. The fourth-order valence-electron chi connectivity index (χ4n) is 2.89. The van der Waals surface area contributed by atoms with E-state index in [1.807, 2.05) is 12.3 Å². The van der Waals surface area contributed by atoms with Crippen molar-refractivity contribution in [2.75, 3.05) is 0 Å². The van der Waals surface area contributed by atoms with Crippen molar-refractivity contribution in [1.82, 2.24) is 14.5 Å². The van der Waals surface area contributed by atoms with E-state index in [0.717, 1.165) is 22.4 Å². The molecule has 0 amide bonds. The molecule has 17 heavy (non-hydrogen) atoms. The first kappa shape index (κ1) is 11.0. The summed E-state index contributed by atoms with van der Waals surface area (Å²) in [6, 6.07) is 2.03. The molecule has 2 aromatic rings. The van der Waals surface area contributed by atoms with Gasteiger partial charge in [-0.1, -0.05) is 6.92 Å². The number of hydrogen-bond donors (Lipinski definition) is 1. The number of aryl methyl sites for hydroxylation is 1. The molecule has 1 N–H and O–H groups in total. The molecule has 4 heteroatoms. The fraction of sp³-hybridized carbons (Fsp3) is 0.538. The summed E-state index contributed by atoms with van der Waals surface area (Å²) in [5, 5.41) is 0. The van der Waals surface area contributed by atoms with Crippen molar-refractivity contribution in [1.29, 1.82) is 0 Å². The largest absolute Gasteiger partial charge is 0.329 e. The van der Waals surface area contributed by atoms with Crippen LogP contribution in [0.25, 0.3) is 11.2 Å². The Balaban J connectivity index is 2.33. The average Bonchev–Trinajstić information content (AvgIpc) is 2.58. The number of nitrogens with one attached hydrogen (secondary N) is 1. The van der Waals surface area contributed by atoms with Crippen molar-refractivity contribution >= 4 is 23.4 Å². The Morgan fingerprint density at radius 2 is 2.29 bits per heavy atom. The van der Waals surface area contributed by atoms with Crippen LogP contribution in [0.1, 0.15) is 38.2 Å². The lowest BCUT2D eigenvalue weighted by Crippen LogP contribution is -2.40. The first-order chi connectivity index (χ1) is 8.18. The standard InChI is InChI=1S/C13H17N3S/c1-3-13(6-4-7-13)16-11-10(15-12(16)17)9(2)5-8-14-11/h5,8H,3-4,6-7H2,1-2H3,(H,15,17). The second-order valence-corrected chi connectivity index (χ2v) is 5.41. The molecule has 90 valence electrons. The molecule has 0 bridgehead atoms. The van der Waals surface area contributed by atoms with Gasteiger partial charge < -0.3 is 4.98 Å². The molecular formula is C13H17N3S. The molecule has 1 aliphatic rings. The second-order valence-electron chi connectivity index (χ2n) is 5.02. The van der Waals surface area contributed by atoms with Crippen LogP contribution in [-0.4, -0.2) is 14.5 Å². The second kappa shape index (κ2) is 3.67. The molecular weight excluding hydrogens is 230 g/mol. The molecule has 1 fully saturated rings. The Labute approximate surface area is 106 Å². The quantitative estimate of drug-likeness (QED) is 0.821. The number of aromatic amines is 1. The Bertz CT molecular complexity index is 614. The number of pyridine rings is 1. The van der Waals surface area contributed by atoms with E-state index >= 15 is 0 Å². The zero-order chi connectivity index (χ0) is 12.0. The topological polar surface area (TPSA) is 33.6 Å². The van der Waals surface area contributed by atoms with Gasteiger partial charge in [0.25, 0.3) is 0 Å². The van der Waals surface area contributed by atoms with Gasteiger partial charge in [0.2, 0.25) is 0 Å². The highest BCUT2D eigenvalue weighted by molar-refractivity contribution is 7.71. The fourth-order valence-corrected chi connectivity index (χ4v) is 3.27. The predicted molar refractivity (Wildman–Crippen MR) is 71.8 cm³/mol. The monoisotopic (exact) mass is 247 g/mol. The number of rotatable bonds is 2. The minimum atomic E-state index is 0.218. The maximum Gasteiger partial charge on any atom is 0.179 e. The summed E-state index contributed by atoms with van der Waals surface area (Å²) in [5.41, 5.74) is 3.55. The highest BCUT2D eigenvalue weighted by Crippen LogP contribution is 2.43. The van der Waals surface area contributed by atoms with Gasteiger partial charge in [-0.3, -0.25) is 4.57 Å². The van der Waals surface area contributed by atoms with Crippen LogP contribution in [0.4, 0.5) is 0 Å². The van der Waals surface area contributed by atoms with Crippen LogP contribution in [0.15, 0.2) is 12.3 Å². The van der Waals surface area contributed by atoms with Crippen LogP contribution < -0.4 is 0 Å². The van der Waals surface area contributed by atoms with Gasteiger partial charge in [0.05, 0.1) is 5.52 Å². The molecule has 2 aromatic heterocycles. The summed E-state index contributed by atoms with van der Waals surface area (Å²) in [6.45, 7) is 4.34. The van der Waals surface area contributed by atoms with Crippen LogP contribution in [0.3, 0.4) is 0 Å². The van der Waals surface area contributed by atoms with Gasteiger partial charge >= 0.3 is 0 Å². The third-order valence-electron chi connectivity index (χ3n) is 4.20. The molecule has 0 unspecified atom stereocenters. The molecule has 0 aromatic carbocycles. The lowest BCUT2D eigenvalue weighted by molar-refractivity contribution is 0.139. The highest BCUT2D eigenvalue weighted by Gasteiger charge is 2.38. The summed E-state index contributed by atoms with van der Waals surface area (Å²) in [5.74, 6) is 0. The summed E-state index contributed by atoms with van der Waals surface area (Å²) in [6.07, 6.45) is 6.75. The van der Waals surface area contributed by atoms with E-state index in [1.54, 1.807) is 0 Å². The van der Waals surface area contributed by atoms with Crippen LogP contribution in [-0.2, 0) is 5.54 Å². The molecule has 3 rings (SSSR count). The smallest absolute Gasteiger partial charge is 0.179 e. The predicted octanol–water partition coefficient (Wildman–Crippen LogP) is 3.69. The SMILES string of the molecule is CCC1(n2c(=S)[nH]c3c(C)ccnc32)CCC1. The van der Waals surface area contributed by atoms with E-state index in [9.17, 15) is 0 Å². The zero-order valence-electron chi connectivity index (χ0n) is 10.3. The van der Waals surface area contributed by atoms with Crippen molar-refractivity contribution < 1.29 is 0 Å². The van der Waals surface area contributed by atoms with Gasteiger partial charge in [-0.2, -0.15) is 0 Å². The van der Waals surface area contributed by atoms with Crippen LogP contribution >= 0.6 is 12.2 Å². The molecule has 0 atom stereocenters. The average molecular weight is 247 g/mol. The van der Waals surface area contributed by atoms with Gasteiger partial charge in [-0.05, 0) is 56.5 Å². The third kappa shape index (κ3) is 1.40. The molecule has 0 saturated heterocycles. The first-order valence-corrected chi connectivity index (χ1v) is 6.65. The maximum atomic E-state index is 5.49. The number of fused-ring (bicyclic) bond motifs is 1. The summed E-state index contributed by atoms with van der Waals surface area (Å²) >= 11 is 5.49. The van der Waals surface area contributed by atoms with E-state index in [-0.39, 0.29) is 5.54 Å². The summed E-state index contributed by atoms with van der Waals surface area (Å²) in [7, 11) is 0. The normalized spacial score (nSPS) is 18.2. The van der Waals surface area contributed by atoms with Crippen LogP contribution in [0.2, 0.25) is 0 Å². The number of imidazole rings is 1. The molecule has 0 radical (unpaired) electrons. The Morgan fingerprint density at radius 3 is 2.88 bits per heavy atom. The number of H-pyrrole nitrogens is 1. The van der Waals surface area contributed by atoms with Gasteiger partial charge in [-0.25, -0.2) is 4.98 Å². The van der Waals surface area contributed by atoms with Crippen molar-refractivity contribution in [3.05, 3.63) is 22.6 Å². The number of hydrogen-bond acceptors (Lipinski definition) is 2.